The molecule has 0 fully saturated rings. The number of carbonyl (C=O) groups excluding carboxylic acids is 1. The molecule has 0 spiro atoms. The maximum atomic E-state index is 12.9. The topological polar surface area (TPSA) is 91.9 Å². The summed E-state index contributed by atoms with van der Waals surface area (Å²) in [5, 5.41) is 13.3. The van der Waals surface area contributed by atoms with Gasteiger partial charge < -0.3 is 9.52 Å². The molecule has 7 heteroatoms. The normalized spacial score (nSPS) is 15.2. The highest BCUT2D eigenvalue weighted by Gasteiger charge is 2.27. The molecule has 0 atom stereocenters. The minimum absolute atomic E-state index is 0.0977. The molecule has 0 unspecified atom stereocenters. The summed E-state index contributed by atoms with van der Waals surface area (Å²) in [7, 11) is 0. The van der Waals surface area contributed by atoms with Crippen LogP contribution in [-0.2, 0) is 6.42 Å². The van der Waals surface area contributed by atoms with Gasteiger partial charge in [0.15, 0.2) is 0 Å². The van der Waals surface area contributed by atoms with Crippen LogP contribution in [0.1, 0.15) is 50.6 Å². The number of aryl methyl sites for hydroxylation is 1. The number of benzene rings is 1. The van der Waals surface area contributed by atoms with Gasteiger partial charge in [0.05, 0.1) is 5.71 Å². The van der Waals surface area contributed by atoms with Crippen molar-refractivity contribution in [1.29, 1.82) is 0 Å². The average molecular weight is 330 g/mol. The summed E-state index contributed by atoms with van der Waals surface area (Å²) in [6.45, 7) is 1.66. The number of hydrogen-bond donors (Lipinski definition) is 2. The highest BCUT2D eigenvalue weighted by Crippen LogP contribution is 2.29. The lowest BCUT2D eigenvalue weighted by atomic mass is 9.93. The molecular formula is C17H15FN2O4. The number of carbonyl (C=O) groups is 2. The predicted molar refractivity (Wildman–Crippen MR) is 83.7 cm³/mol. The number of amides is 1. The van der Waals surface area contributed by atoms with E-state index >= 15 is 0 Å². The number of nitrogens with one attached hydrogen (secondary N) is 1. The lowest BCUT2D eigenvalue weighted by Gasteiger charge is -2.13. The number of carboxylic acid groups (broad SMARTS) is 1. The van der Waals surface area contributed by atoms with Crippen molar-refractivity contribution in [2.24, 2.45) is 5.10 Å². The molecule has 1 amide bonds. The second-order valence-corrected chi connectivity index (χ2v) is 5.52. The van der Waals surface area contributed by atoms with Crippen LogP contribution in [0, 0.1) is 12.7 Å². The van der Waals surface area contributed by atoms with Gasteiger partial charge in [-0.05, 0) is 44.0 Å². The predicted octanol–water partition coefficient (Wildman–Crippen LogP) is 2.90. The minimum atomic E-state index is -1.13. The molecule has 0 saturated heterocycles. The van der Waals surface area contributed by atoms with Gasteiger partial charge in [-0.2, -0.15) is 5.10 Å². The van der Waals surface area contributed by atoms with Crippen LogP contribution in [0.2, 0.25) is 0 Å². The van der Waals surface area contributed by atoms with Crippen LogP contribution in [0.5, 0.6) is 0 Å². The monoisotopic (exact) mass is 330 g/mol. The summed E-state index contributed by atoms with van der Waals surface area (Å²) in [5.41, 5.74) is 4.46. The highest BCUT2D eigenvalue weighted by atomic mass is 19.1. The maximum absolute atomic E-state index is 12.9. The Hall–Kier alpha value is -2.96. The number of carboxylic acids is 1. The van der Waals surface area contributed by atoms with Gasteiger partial charge in [0.1, 0.15) is 11.6 Å². The van der Waals surface area contributed by atoms with Crippen molar-refractivity contribution in [3.05, 3.63) is 58.3 Å². The molecule has 0 saturated carbocycles. The van der Waals surface area contributed by atoms with Gasteiger partial charge in [-0.3, -0.25) is 4.79 Å². The van der Waals surface area contributed by atoms with E-state index in [1.165, 1.54) is 24.3 Å². The minimum Gasteiger partial charge on any atom is -0.475 e. The molecule has 1 aliphatic rings. The third-order valence-corrected chi connectivity index (χ3v) is 3.92. The molecule has 2 N–H and O–H groups in total. The lowest BCUT2D eigenvalue weighted by molar-refractivity contribution is 0.0659. The molecule has 1 heterocycles. The molecule has 1 aromatic heterocycles. The lowest BCUT2D eigenvalue weighted by Crippen LogP contribution is -2.22. The Morgan fingerprint density at radius 3 is 2.62 bits per heavy atom. The van der Waals surface area contributed by atoms with Crippen LogP contribution >= 0.6 is 0 Å². The molecule has 0 bridgehead atoms. The summed E-state index contributed by atoms with van der Waals surface area (Å²) in [6, 6.07) is 5.12. The highest BCUT2D eigenvalue weighted by molar-refractivity contribution is 6.06. The quantitative estimate of drug-likeness (QED) is 0.847. The Bertz CT molecular complexity index is 837. The summed E-state index contributed by atoms with van der Waals surface area (Å²) in [5.74, 6) is -1.54. The summed E-state index contributed by atoms with van der Waals surface area (Å²) >= 11 is 0. The zero-order valence-corrected chi connectivity index (χ0v) is 12.9. The van der Waals surface area contributed by atoms with Gasteiger partial charge in [-0.25, -0.2) is 14.6 Å². The molecule has 3 rings (SSSR count). The first kappa shape index (κ1) is 15.9. The van der Waals surface area contributed by atoms with E-state index in [4.69, 9.17) is 9.52 Å². The van der Waals surface area contributed by atoms with E-state index < -0.39 is 17.7 Å². The maximum Gasteiger partial charge on any atom is 0.372 e. The molecule has 1 aromatic carbocycles. The van der Waals surface area contributed by atoms with Crippen molar-refractivity contribution < 1.29 is 23.5 Å². The van der Waals surface area contributed by atoms with Crippen LogP contribution < -0.4 is 5.43 Å². The number of fused-ring (bicyclic) bond motifs is 1. The van der Waals surface area contributed by atoms with Crippen molar-refractivity contribution in [3.63, 3.8) is 0 Å². The Balaban J connectivity index is 1.86. The number of aromatic carboxylic acids is 1. The molecular weight excluding hydrogens is 315 g/mol. The van der Waals surface area contributed by atoms with E-state index in [-0.39, 0.29) is 11.3 Å². The summed E-state index contributed by atoms with van der Waals surface area (Å²) < 4.78 is 18.3. The number of hydrogen-bond acceptors (Lipinski definition) is 4. The van der Waals surface area contributed by atoms with Gasteiger partial charge >= 0.3 is 5.97 Å². The smallest absolute Gasteiger partial charge is 0.372 e. The van der Waals surface area contributed by atoms with Crippen LogP contribution in [0.15, 0.2) is 33.8 Å². The Labute approximate surface area is 137 Å². The first-order valence-electron chi connectivity index (χ1n) is 7.45. The number of nitrogens with zero attached hydrogens (tertiary/aromatic N) is 1. The fourth-order valence-corrected chi connectivity index (χ4v) is 2.77. The molecule has 0 radical (unpaired) electrons. The first-order chi connectivity index (χ1) is 11.5. The molecule has 1 aliphatic carbocycles. The third kappa shape index (κ3) is 2.92. The zero-order valence-electron chi connectivity index (χ0n) is 12.9. The van der Waals surface area contributed by atoms with Gasteiger partial charge in [-0.1, -0.05) is 0 Å². The summed E-state index contributed by atoms with van der Waals surface area (Å²) in [6.07, 6.45) is 1.99. The van der Waals surface area contributed by atoms with Crippen LogP contribution in [-0.4, -0.2) is 22.7 Å². The van der Waals surface area contributed by atoms with Crippen LogP contribution in [0.3, 0.4) is 0 Å². The number of halogens is 1. The average Bonchev–Trinajstić information content (AvgIpc) is 2.91. The second-order valence-electron chi connectivity index (χ2n) is 5.52. The van der Waals surface area contributed by atoms with E-state index in [1.807, 2.05) is 0 Å². The van der Waals surface area contributed by atoms with Crippen molar-refractivity contribution in [3.8, 4) is 0 Å². The molecule has 124 valence electrons. The van der Waals surface area contributed by atoms with Gasteiger partial charge in [-0.15, -0.1) is 0 Å². The standard InChI is InChI=1S/C17H15FN2O4/c1-9-14-12(3-2-4-13(14)24-15(9)17(22)23)19-20-16(21)10-5-7-11(18)8-6-10/h5-8H,2-4H2,1H3,(H,20,21)(H,22,23)/b19-12+. The van der Waals surface area contributed by atoms with E-state index in [9.17, 15) is 14.0 Å². The Morgan fingerprint density at radius 1 is 1.25 bits per heavy atom. The van der Waals surface area contributed by atoms with Crippen molar-refractivity contribution >= 4 is 17.6 Å². The number of furan rings is 1. The fraction of sp³-hybridized carbons (Fsp3) is 0.235. The largest absolute Gasteiger partial charge is 0.475 e. The fourth-order valence-electron chi connectivity index (χ4n) is 2.77. The Morgan fingerprint density at radius 2 is 1.96 bits per heavy atom. The third-order valence-electron chi connectivity index (χ3n) is 3.92. The molecule has 0 aliphatic heterocycles. The van der Waals surface area contributed by atoms with E-state index in [2.05, 4.69) is 10.5 Å². The van der Waals surface area contributed by atoms with E-state index in [0.29, 0.717) is 35.4 Å². The SMILES string of the molecule is Cc1c(C(=O)O)oc2c1/C(=N/NC(=O)c1ccc(F)cc1)CCC2. The molecule has 6 nitrogen and oxygen atoms in total. The van der Waals surface area contributed by atoms with E-state index in [0.717, 1.165) is 6.42 Å². The van der Waals surface area contributed by atoms with Crippen LogP contribution in [0.25, 0.3) is 0 Å². The van der Waals surface area contributed by atoms with E-state index in [1.54, 1.807) is 6.92 Å². The number of rotatable bonds is 3. The summed E-state index contributed by atoms with van der Waals surface area (Å²) in [4.78, 5) is 23.2. The van der Waals surface area contributed by atoms with Gasteiger partial charge in [0, 0.05) is 23.1 Å². The molecule has 2 aromatic rings. The molecule has 24 heavy (non-hydrogen) atoms. The Kier molecular flexibility index (Phi) is 4.16. The van der Waals surface area contributed by atoms with Gasteiger partial charge in [0.25, 0.3) is 5.91 Å². The van der Waals surface area contributed by atoms with Crippen molar-refractivity contribution in [1.82, 2.24) is 5.43 Å². The van der Waals surface area contributed by atoms with Crippen molar-refractivity contribution in [2.75, 3.05) is 0 Å². The second kappa shape index (κ2) is 6.27. The van der Waals surface area contributed by atoms with Crippen LogP contribution in [0.4, 0.5) is 4.39 Å². The number of hydrazone groups is 1. The van der Waals surface area contributed by atoms with Crippen molar-refractivity contribution in [2.45, 2.75) is 26.2 Å². The zero-order chi connectivity index (χ0) is 17.3. The first-order valence-corrected chi connectivity index (χ1v) is 7.45. The van der Waals surface area contributed by atoms with Gasteiger partial charge in [0.2, 0.25) is 5.76 Å².